The summed E-state index contributed by atoms with van der Waals surface area (Å²) in [5.41, 5.74) is 5.99. The number of hydrogen-bond donors (Lipinski definition) is 2. The highest BCUT2D eigenvalue weighted by molar-refractivity contribution is 6.31. The summed E-state index contributed by atoms with van der Waals surface area (Å²) in [7, 11) is 0. The maximum atomic E-state index is 6.11. The van der Waals surface area contributed by atoms with Gasteiger partial charge < -0.3 is 10.6 Å². The van der Waals surface area contributed by atoms with E-state index in [4.69, 9.17) is 11.6 Å². The molecule has 2 rings (SSSR count). The monoisotopic (exact) mass is 288 g/mol. The fourth-order valence-corrected chi connectivity index (χ4v) is 2.45. The lowest BCUT2D eigenvalue weighted by Gasteiger charge is -2.14. The number of anilines is 2. The van der Waals surface area contributed by atoms with E-state index in [9.17, 15) is 0 Å². The van der Waals surface area contributed by atoms with Gasteiger partial charge in [0.05, 0.1) is 0 Å². The Morgan fingerprint density at radius 1 is 0.850 bits per heavy atom. The molecule has 106 valence electrons. The molecule has 2 aromatic rings. The van der Waals surface area contributed by atoms with E-state index in [1.54, 1.807) is 0 Å². The molecule has 0 aromatic heterocycles. The van der Waals surface area contributed by atoms with E-state index in [-0.39, 0.29) is 0 Å². The lowest BCUT2D eigenvalue weighted by molar-refractivity contribution is 1.07. The van der Waals surface area contributed by atoms with Gasteiger partial charge in [-0.3, -0.25) is 0 Å². The number of benzene rings is 2. The van der Waals surface area contributed by atoms with Crippen LogP contribution in [-0.2, 0) is 0 Å². The molecule has 0 saturated heterocycles. The Balaban J connectivity index is 1.89. The molecular weight excluding hydrogens is 268 g/mol. The third-order valence-corrected chi connectivity index (χ3v) is 3.90. The minimum atomic E-state index is 0.803. The maximum absolute atomic E-state index is 6.11. The quantitative estimate of drug-likeness (QED) is 0.773. The summed E-state index contributed by atoms with van der Waals surface area (Å²) < 4.78 is 0. The van der Waals surface area contributed by atoms with Gasteiger partial charge in [0, 0.05) is 29.5 Å². The van der Waals surface area contributed by atoms with Crippen LogP contribution in [0.1, 0.15) is 16.7 Å². The molecule has 0 radical (unpaired) electrons. The van der Waals surface area contributed by atoms with E-state index in [1.165, 1.54) is 16.8 Å². The molecule has 2 aromatic carbocycles. The van der Waals surface area contributed by atoms with Crippen LogP contribution < -0.4 is 10.6 Å². The average Bonchev–Trinajstić information content (AvgIpc) is 2.42. The van der Waals surface area contributed by atoms with Crippen molar-refractivity contribution in [1.82, 2.24) is 0 Å². The van der Waals surface area contributed by atoms with Gasteiger partial charge in [0.2, 0.25) is 0 Å². The first-order chi connectivity index (χ1) is 9.59. The van der Waals surface area contributed by atoms with E-state index in [0.29, 0.717) is 0 Å². The van der Waals surface area contributed by atoms with Gasteiger partial charge in [-0.1, -0.05) is 35.9 Å². The molecule has 20 heavy (non-hydrogen) atoms. The van der Waals surface area contributed by atoms with Crippen LogP contribution in [0.3, 0.4) is 0 Å². The van der Waals surface area contributed by atoms with Gasteiger partial charge in [-0.15, -0.1) is 0 Å². The molecule has 0 spiro atoms. The second-order valence-corrected chi connectivity index (χ2v) is 5.44. The first-order valence-electron chi connectivity index (χ1n) is 6.88. The zero-order chi connectivity index (χ0) is 14.5. The smallest absolute Gasteiger partial charge is 0.0455 e. The van der Waals surface area contributed by atoms with Crippen molar-refractivity contribution in [2.24, 2.45) is 0 Å². The Hall–Kier alpha value is -1.67. The van der Waals surface area contributed by atoms with Crippen LogP contribution in [0.4, 0.5) is 11.4 Å². The fraction of sp³-hybridized carbons (Fsp3) is 0.294. The van der Waals surface area contributed by atoms with Crippen LogP contribution in [0.15, 0.2) is 36.4 Å². The molecule has 0 unspecified atom stereocenters. The number of rotatable bonds is 5. The van der Waals surface area contributed by atoms with Gasteiger partial charge in [0.15, 0.2) is 0 Å². The van der Waals surface area contributed by atoms with E-state index in [2.05, 4.69) is 48.7 Å². The number of nitrogens with one attached hydrogen (secondary N) is 2. The van der Waals surface area contributed by atoms with E-state index >= 15 is 0 Å². The SMILES string of the molecule is Cc1cccc(C)c1NCCNc1cccc(Cl)c1C. The van der Waals surface area contributed by atoms with Crippen LogP contribution in [0.5, 0.6) is 0 Å². The zero-order valence-electron chi connectivity index (χ0n) is 12.3. The Morgan fingerprint density at radius 3 is 2.15 bits per heavy atom. The highest BCUT2D eigenvalue weighted by Gasteiger charge is 2.02. The highest BCUT2D eigenvalue weighted by Crippen LogP contribution is 2.23. The van der Waals surface area contributed by atoms with Crippen molar-refractivity contribution >= 4 is 23.0 Å². The highest BCUT2D eigenvalue weighted by atomic mass is 35.5. The van der Waals surface area contributed by atoms with Gasteiger partial charge in [0.25, 0.3) is 0 Å². The van der Waals surface area contributed by atoms with E-state index in [1.807, 2.05) is 19.1 Å². The van der Waals surface area contributed by atoms with Crippen LogP contribution in [0, 0.1) is 20.8 Å². The summed E-state index contributed by atoms with van der Waals surface area (Å²) in [6, 6.07) is 12.3. The van der Waals surface area contributed by atoms with Crippen molar-refractivity contribution in [3.05, 3.63) is 58.1 Å². The molecule has 3 heteroatoms. The van der Waals surface area contributed by atoms with Gasteiger partial charge in [0.1, 0.15) is 0 Å². The van der Waals surface area contributed by atoms with Crippen LogP contribution >= 0.6 is 11.6 Å². The molecule has 0 aliphatic rings. The number of halogens is 1. The predicted molar refractivity (Wildman–Crippen MR) is 89.1 cm³/mol. The molecule has 0 bridgehead atoms. The third kappa shape index (κ3) is 3.45. The normalized spacial score (nSPS) is 10.4. The Kier molecular flexibility index (Phi) is 4.91. The molecule has 2 nitrogen and oxygen atoms in total. The second kappa shape index (κ2) is 6.67. The summed E-state index contributed by atoms with van der Waals surface area (Å²) >= 11 is 6.11. The predicted octanol–water partition coefficient (Wildman–Crippen LogP) is 4.79. The topological polar surface area (TPSA) is 24.1 Å². The summed E-state index contributed by atoms with van der Waals surface area (Å²) in [4.78, 5) is 0. The summed E-state index contributed by atoms with van der Waals surface area (Å²) in [6.07, 6.45) is 0. The summed E-state index contributed by atoms with van der Waals surface area (Å²) in [5.74, 6) is 0. The number of hydrogen-bond acceptors (Lipinski definition) is 2. The minimum absolute atomic E-state index is 0.803. The molecule has 0 aliphatic carbocycles. The maximum Gasteiger partial charge on any atom is 0.0455 e. The van der Waals surface area contributed by atoms with E-state index < -0.39 is 0 Å². The van der Waals surface area contributed by atoms with Crippen molar-refractivity contribution in [2.45, 2.75) is 20.8 Å². The Morgan fingerprint density at radius 2 is 1.45 bits per heavy atom. The van der Waals surface area contributed by atoms with Crippen LogP contribution in [-0.4, -0.2) is 13.1 Å². The second-order valence-electron chi connectivity index (χ2n) is 5.03. The molecule has 0 aliphatic heterocycles. The van der Waals surface area contributed by atoms with Crippen molar-refractivity contribution in [3.8, 4) is 0 Å². The third-order valence-electron chi connectivity index (χ3n) is 3.49. The lowest BCUT2D eigenvalue weighted by atomic mass is 10.1. The lowest BCUT2D eigenvalue weighted by Crippen LogP contribution is -2.15. The molecular formula is C17H21ClN2. The Bertz CT molecular complexity index is 573. The van der Waals surface area contributed by atoms with Crippen LogP contribution in [0.25, 0.3) is 0 Å². The first-order valence-corrected chi connectivity index (χ1v) is 7.26. The molecule has 0 atom stereocenters. The molecule has 0 saturated carbocycles. The minimum Gasteiger partial charge on any atom is -0.383 e. The molecule has 0 amide bonds. The number of para-hydroxylation sites is 1. The Labute approximate surface area is 126 Å². The fourth-order valence-electron chi connectivity index (χ4n) is 2.28. The first kappa shape index (κ1) is 14.7. The van der Waals surface area contributed by atoms with Gasteiger partial charge in [-0.2, -0.15) is 0 Å². The summed E-state index contributed by atoms with van der Waals surface area (Å²) in [6.45, 7) is 8.02. The summed E-state index contributed by atoms with van der Waals surface area (Å²) in [5, 5.41) is 7.71. The zero-order valence-corrected chi connectivity index (χ0v) is 13.0. The number of aryl methyl sites for hydroxylation is 2. The molecule has 0 fully saturated rings. The van der Waals surface area contributed by atoms with Crippen molar-refractivity contribution in [3.63, 3.8) is 0 Å². The van der Waals surface area contributed by atoms with Gasteiger partial charge in [-0.25, -0.2) is 0 Å². The average molecular weight is 289 g/mol. The van der Waals surface area contributed by atoms with Crippen molar-refractivity contribution in [1.29, 1.82) is 0 Å². The van der Waals surface area contributed by atoms with Gasteiger partial charge in [-0.05, 0) is 49.6 Å². The molecule has 0 heterocycles. The van der Waals surface area contributed by atoms with Crippen molar-refractivity contribution < 1.29 is 0 Å². The largest absolute Gasteiger partial charge is 0.383 e. The van der Waals surface area contributed by atoms with Gasteiger partial charge >= 0.3 is 0 Å². The van der Waals surface area contributed by atoms with Crippen LogP contribution in [0.2, 0.25) is 5.02 Å². The van der Waals surface area contributed by atoms with E-state index in [0.717, 1.165) is 29.4 Å². The molecule has 2 N–H and O–H groups in total. The van der Waals surface area contributed by atoms with Crippen molar-refractivity contribution in [2.75, 3.05) is 23.7 Å². The standard InChI is InChI=1S/C17H21ClN2/c1-12-6-4-7-13(2)17(12)20-11-10-19-16-9-5-8-15(18)14(16)3/h4-9,19-20H,10-11H2,1-3H3.